The lowest BCUT2D eigenvalue weighted by atomic mass is 10.00. The molecule has 1 heteroatoms. The van der Waals surface area contributed by atoms with Crippen molar-refractivity contribution in [2.24, 2.45) is 5.92 Å². The van der Waals surface area contributed by atoms with Gasteiger partial charge in [-0.25, -0.2) is 0 Å². The van der Waals surface area contributed by atoms with Gasteiger partial charge < -0.3 is 0 Å². The topological polar surface area (TPSA) is 17.1 Å². The Bertz CT molecular complexity index is 238. The van der Waals surface area contributed by atoms with Crippen LogP contribution in [0.5, 0.6) is 0 Å². The third-order valence-corrected chi connectivity index (χ3v) is 3.15. The second kappa shape index (κ2) is 8.32. The van der Waals surface area contributed by atoms with Gasteiger partial charge in [-0.1, -0.05) is 69.8 Å². The average Bonchev–Trinajstić information content (AvgIpc) is 2.81. The van der Waals surface area contributed by atoms with Crippen LogP contribution in [0.3, 0.4) is 0 Å². The minimum atomic E-state index is 0.0834. The molecule has 90 valence electrons. The maximum Gasteiger partial charge on any atom is 0.143 e. The maximum atomic E-state index is 11.7. The van der Waals surface area contributed by atoms with Gasteiger partial charge in [0.15, 0.2) is 0 Å². The van der Waals surface area contributed by atoms with Crippen LogP contribution in [-0.2, 0) is 4.79 Å². The molecule has 0 heterocycles. The van der Waals surface area contributed by atoms with Gasteiger partial charge in [0.05, 0.1) is 5.92 Å². The van der Waals surface area contributed by atoms with Crippen LogP contribution in [0.15, 0.2) is 24.3 Å². The molecule has 0 spiro atoms. The molecule has 0 aromatic carbocycles. The number of hydrogen-bond donors (Lipinski definition) is 0. The summed E-state index contributed by atoms with van der Waals surface area (Å²) in [6.07, 6.45) is 17.6. The molecule has 0 aromatic rings. The van der Waals surface area contributed by atoms with Crippen LogP contribution in [-0.4, -0.2) is 5.78 Å². The first-order valence-corrected chi connectivity index (χ1v) is 6.72. The van der Waals surface area contributed by atoms with E-state index in [1.54, 1.807) is 0 Å². The molecule has 1 aliphatic rings. The summed E-state index contributed by atoms with van der Waals surface area (Å²) < 4.78 is 0. The maximum absolute atomic E-state index is 11.7. The molecule has 0 N–H and O–H groups in total. The lowest BCUT2D eigenvalue weighted by molar-refractivity contribution is -0.120. The van der Waals surface area contributed by atoms with Crippen molar-refractivity contribution >= 4 is 5.78 Å². The SMILES string of the molecule is CCCCCCCCCC(=O)C1C=CC=C1. The zero-order valence-corrected chi connectivity index (χ0v) is 10.5. The number of unbranched alkanes of at least 4 members (excludes halogenated alkanes) is 6. The van der Waals surface area contributed by atoms with Crippen molar-refractivity contribution in [3.05, 3.63) is 24.3 Å². The number of carbonyl (C=O) groups excluding carboxylic acids is 1. The van der Waals surface area contributed by atoms with Crippen LogP contribution in [0.25, 0.3) is 0 Å². The summed E-state index contributed by atoms with van der Waals surface area (Å²) in [6, 6.07) is 0. The molecule has 0 aliphatic heterocycles. The van der Waals surface area contributed by atoms with E-state index in [0.717, 1.165) is 12.8 Å². The van der Waals surface area contributed by atoms with E-state index in [4.69, 9.17) is 0 Å². The molecule has 0 unspecified atom stereocenters. The van der Waals surface area contributed by atoms with E-state index in [1.807, 2.05) is 24.3 Å². The number of Topliss-reactive ketones (excluding diaryl/α,β-unsaturated/α-hetero) is 1. The van der Waals surface area contributed by atoms with Crippen LogP contribution < -0.4 is 0 Å². The predicted molar refractivity (Wildman–Crippen MR) is 69.4 cm³/mol. The lowest BCUT2D eigenvalue weighted by Gasteiger charge is -2.04. The Balaban J connectivity index is 1.92. The van der Waals surface area contributed by atoms with Crippen molar-refractivity contribution in [2.75, 3.05) is 0 Å². The van der Waals surface area contributed by atoms with Crippen LogP contribution in [0.1, 0.15) is 58.3 Å². The Hall–Kier alpha value is -0.850. The van der Waals surface area contributed by atoms with E-state index in [1.165, 1.54) is 38.5 Å². The third kappa shape index (κ3) is 5.29. The summed E-state index contributed by atoms with van der Waals surface area (Å²) >= 11 is 0. The van der Waals surface area contributed by atoms with Gasteiger partial charge >= 0.3 is 0 Å². The van der Waals surface area contributed by atoms with Crippen molar-refractivity contribution in [3.8, 4) is 0 Å². The van der Waals surface area contributed by atoms with Crippen molar-refractivity contribution in [2.45, 2.75) is 58.3 Å². The Kier molecular flexibility index (Phi) is 6.87. The van der Waals surface area contributed by atoms with Crippen LogP contribution in [0.2, 0.25) is 0 Å². The van der Waals surface area contributed by atoms with Crippen LogP contribution in [0.4, 0.5) is 0 Å². The Morgan fingerprint density at radius 3 is 2.12 bits per heavy atom. The highest BCUT2D eigenvalue weighted by Gasteiger charge is 2.12. The summed E-state index contributed by atoms with van der Waals surface area (Å²) in [5, 5.41) is 0. The van der Waals surface area contributed by atoms with Gasteiger partial charge in [0, 0.05) is 6.42 Å². The summed E-state index contributed by atoms with van der Waals surface area (Å²) in [6.45, 7) is 2.24. The van der Waals surface area contributed by atoms with E-state index in [-0.39, 0.29) is 5.92 Å². The average molecular weight is 220 g/mol. The van der Waals surface area contributed by atoms with Crippen LogP contribution >= 0.6 is 0 Å². The molecule has 0 amide bonds. The van der Waals surface area contributed by atoms with Gasteiger partial charge in [-0.2, -0.15) is 0 Å². The number of hydrogen-bond acceptors (Lipinski definition) is 1. The van der Waals surface area contributed by atoms with Crippen molar-refractivity contribution < 1.29 is 4.79 Å². The fourth-order valence-electron chi connectivity index (χ4n) is 2.07. The highest BCUT2D eigenvalue weighted by molar-refractivity contribution is 5.85. The first-order valence-electron chi connectivity index (χ1n) is 6.72. The van der Waals surface area contributed by atoms with Crippen molar-refractivity contribution in [1.82, 2.24) is 0 Å². The largest absolute Gasteiger partial charge is 0.299 e. The van der Waals surface area contributed by atoms with Gasteiger partial charge in [0.2, 0.25) is 0 Å². The molecule has 16 heavy (non-hydrogen) atoms. The molecule has 0 radical (unpaired) electrons. The monoisotopic (exact) mass is 220 g/mol. The summed E-state index contributed by atoms with van der Waals surface area (Å²) in [5.41, 5.74) is 0. The van der Waals surface area contributed by atoms with Gasteiger partial charge in [-0.15, -0.1) is 0 Å². The molecule has 1 nitrogen and oxygen atoms in total. The number of rotatable bonds is 9. The Labute approximate surface area is 99.6 Å². The second-order valence-corrected chi connectivity index (χ2v) is 4.63. The number of ketones is 1. The number of carbonyl (C=O) groups is 1. The van der Waals surface area contributed by atoms with Gasteiger partial charge in [0.25, 0.3) is 0 Å². The molecule has 1 aliphatic carbocycles. The molecular formula is C15H24O. The summed E-state index contributed by atoms with van der Waals surface area (Å²) in [7, 11) is 0. The van der Waals surface area contributed by atoms with E-state index in [2.05, 4.69) is 6.92 Å². The van der Waals surface area contributed by atoms with Gasteiger partial charge in [0.1, 0.15) is 5.78 Å². The Morgan fingerprint density at radius 1 is 0.938 bits per heavy atom. The first-order chi connectivity index (χ1) is 7.84. The second-order valence-electron chi connectivity index (χ2n) is 4.63. The fraction of sp³-hybridized carbons (Fsp3) is 0.667. The molecule has 0 atom stereocenters. The first kappa shape index (κ1) is 13.2. The highest BCUT2D eigenvalue weighted by atomic mass is 16.1. The third-order valence-electron chi connectivity index (χ3n) is 3.15. The Morgan fingerprint density at radius 2 is 1.50 bits per heavy atom. The van der Waals surface area contributed by atoms with E-state index >= 15 is 0 Å². The van der Waals surface area contributed by atoms with E-state index < -0.39 is 0 Å². The molecule has 0 bridgehead atoms. The molecule has 0 fully saturated rings. The van der Waals surface area contributed by atoms with Gasteiger partial charge in [-0.3, -0.25) is 4.79 Å². The minimum absolute atomic E-state index is 0.0834. The van der Waals surface area contributed by atoms with Crippen LogP contribution in [0, 0.1) is 5.92 Å². The normalized spacial score (nSPS) is 14.8. The standard InChI is InChI=1S/C15H24O/c1-2-3-4-5-6-7-8-13-15(16)14-11-9-10-12-14/h9-12,14H,2-8,13H2,1H3. The molecule has 0 saturated heterocycles. The van der Waals surface area contributed by atoms with Crippen molar-refractivity contribution in [1.29, 1.82) is 0 Å². The lowest BCUT2D eigenvalue weighted by Crippen LogP contribution is -2.07. The van der Waals surface area contributed by atoms with E-state index in [0.29, 0.717) is 5.78 Å². The predicted octanol–water partition coefficient (Wildman–Crippen LogP) is 4.44. The smallest absolute Gasteiger partial charge is 0.143 e. The van der Waals surface area contributed by atoms with Crippen molar-refractivity contribution in [3.63, 3.8) is 0 Å². The molecule has 1 rings (SSSR count). The molecule has 0 aromatic heterocycles. The zero-order chi connectivity index (χ0) is 11.6. The zero-order valence-electron chi connectivity index (χ0n) is 10.5. The minimum Gasteiger partial charge on any atom is -0.299 e. The van der Waals surface area contributed by atoms with E-state index in [9.17, 15) is 4.79 Å². The quantitative estimate of drug-likeness (QED) is 0.525. The summed E-state index contributed by atoms with van der Waals surface area (Å²) in [4.78, 5) is 11.7. The summed E-state index contributed by atoms with van der Waals surface area (Å²) in [5.74, 6) is 0.471. The fourth-order valence-corrected chi connectivity index (χ4v) is 2.07. The van der Waals surface area contributed by atoms with Gasteiger partial charge in [-0.05, 0) is 6.42 Å². The highest BCUT2D eigenvalue weighted by Crippen LogP contribution is 2.15. The molecule has 0 saturated carbocycles. The molecular weight excluding hydrogens is 196 g/mol. The number of allylic oxidation sites excluding steroid dienone is 4.